The first-order valence-electron chi connectivity index (χ1n) is 6.46. The molecule has 0 aromatic carbocycles. The van der Waals surface area contributed by atoms with Gasteiger partial charge in [0.25, 0.3) is 0 Å². The Morgan fingerprint density at radius 3 is 2.44 bits per heavy atom. The normalized spacial score (nSPS) is 34.3. The topological polar surface area (TPSA) is 87.0 Å². The lowest BCUT2D eigenvalue weighted by atomic mass is 9.62. The molecule has 1 saturated carbocycles. The van der Waals surface area contributed by atoms with Gasteiger partial charge in [0.15, 0.2) is 0 Å². The molecule has 5 heteroatoms. The Morgan fingerprint density at radius 2 is 2.00 bits per heavy atom. The van der Waals surface area contributed by atoms with E-state index in [-0.39, 0.29) is 5.41 Å². The second-order valence-electron chi connectivity index (χ2n) is 5.97. The van der Waals surface area contributed by atoms with E-state index in [9.17, 15) is 9.90 Å². The molecule has 1 aliphatic carbocycles. The van der Waals surface area contributed by atoms with Gasteiger partial charge in [0.1, 0.15) is 11.7 Å². The van der Waals surface area contributed by atoms with Gasteiger partial charge in [0.05, 0.1) is 6.61 Å². The molecule has 0 radical (unpaired) electrons. The van der Waals surface area contributed by atoms with Crippen LogP contribution < -0.4 is 0 Å². The van der Waals surface area contributed by atoms with Crippen molar-refractivity contribution < 1.29 is 24.9 Å². The van der Waals surface area contributed by atoms with Gasteiger partial charge >= 0.3 is 6.16 Å². The molecule has 0 amide bonds. The maximum atomic E-state index is 10.9. The largest absolute Gasteiger partial charge is 0.506 e. The van der Waals surface area contributed by atoms with Crippen LogP contribution in [0.4, 0.5) is 4.79 Å². The SMILES string of the molecule is CC(C)[C@]1(C)CCC[C@@](OC(=O)O)([C@@H](O)CO)C1. The summed E-state index contributed by atoms with van der Waals surface area (Å²) in [6.07, 6.45) is 0.129. The third kappa shape index (κ3) is 2.95. The molecule has 0 unspecified atom stereocenters. The first-order chi connectivity index (χ1) is 8.26. The van der Waals surface area contributed by atoms with Gasteiger partial charge in [0, 0.05) is 0 Å². The summed E-state index contributed by atoms with van der Waals surface area (Å²) in [6, 6.07) is 0. The third-order valence-electron chi connectivity index (χ3n) is 4.52. The average molecular weight is 260 g/mol. The first kappa shape index (κ1) is 15.2. The van der Waals surface area contributed by atoms with E-state index in [0.717, 1.165) is 12.8 Å². The molecule has 0 spiro atoms. The van der Waals surface area contributed by atoms with Gasteiger partial charge in [-0.25, -0.2) is 4.79 Å². The highest BCUT2D eigenvalue weighted by molar-refractivity contribution is 5.57. The predicted octanol–water partition coefficient (Wildman–Crippen LogP) is 2.01. The molecule has 106 valence electrons. The Kier molecular flexibility index (Phi) is 4.61. The Morgan fingerprint density at radius 1 is 1.39 bits per heavy atom. The van der Waals surface area contributed by atoms with E-state index in [1.807, 2.05) is 0 Å². The van der Waals surface area contributed by atoms with Crippen LogP contribution in [-0.4, -0.2) is 39.8 Å². The lowest BCUT2D eigenvalue weighted by Crippen LogP contribution is -2.54. The summed E-state index contributed by atoms with van der Waals surface area (Å²) < 4.78 is 4.98. The molecule has 3 atom stereocenters. The van der Waals surface area contributed by atoms with Crippen LogP contribution in [0.25, 0.3) is 0 Å². The van der Waals surface area contributed by atoms with Crippen LogP contribution in [0.5, 0.6) is 0 Å². The maximum Gasteiger partial charge on any atom is 0.506 e. The minimum atomic E-state index is -1.39. The Hall–Kier alpha value is -0.810. The molecule has 1 aliphatic rings. The molecule has 3 N–H and O–H groups in total. The van der Waals surface area contributed by atoms with Crippen LogP contribution in [-0.2, 0) is 4.74 Å². The standard InChI is InChI=1S/C13H24O5/c1-9(2)12(3)5-4-6-13(8-12,10(15)7-14)18-11(16)17/h9-10,14-15H,4-8H2,1-3H3,(H,16,17)/t10-,12+,13-/m0/s1. The Bertz CT molecular complexity index is 304. The fourth-order valence-electron chi connectivity index (χ4n) is 2.92. The Labute approximate surface area is 108 Å². The summed E-state index contributed by atoms with van der Waals surface area (Å²) in [5.41, 5.74) is -1.25. The van der Waals surface area contributed by atoms with E-state index < -0.39 is 24.5 Å². The van der Waals surface area contributed by atoms with Gasteiger partial charge < -0.3 is 20.1 Å². The minimum absolute atomic E-state index is 0.0795. The second-order valence-corrected chi connectivity index (χ2v) is 5.97. The van der Waals surface area contributed by atoms with Crippen LogP contribution in [0, 0.1) is 11.3 Å². The lowest BCUT2D eigenvalue weighted by Gasteiger charge is -2.48. The highest BCUT2D eigenvalue weighted by atomic mass is 16.7. The number of hydrogen-bond donors (Lipinski definition) is 3. The van der Waals surface area contributed by atoms with Crippen molar-refractivity contribution in [3.63, 3.8) is 0 Å². The van der Waals surface area contributed by atoms with Crippen molar-refractivity contribution >= 4 is 6.16 Å². The monoisotopic (exact) mass is 260 g/mol. The van der Waals surface area contributed by atoms with Gasteiger partial charge in [-0.15, -0.1) is 0 Å². The van der Waals surface area contributed by atoms with Gasteiger partial charge in [-0.05, 0) is 37.0 Å². The van der Waals surface area contributed by atoms with Crippen molar-refractivity contribution in [3.8, 4) is 0 Å². The molecule has 18 heavy (non-hydrogen) atoms. The molecule has 0 aromatic heterocycles. The zero-order chi connectivity index (χ0) is 14.0. The molecular weight excluding hydrogens is 236 g/mol. The fourth-order valence-corrected chi connectivity index (χ4v) is 2.92. The zero-order valence-corrected chi connectivity index (χ0v) is 11.3. The van der Waals surface area contributed by atoms with Crippen LogP contribution in [0.2, 0.25) is 0 Å². The number of rotatable bonds is 4. The third-order valence-corrected chi connectivity index (χ3v) is 4.52. The van der Waals surface area contributed by atoms with Crippen molar-refractivity contribution in [2.45, 2.75) is 58.2 Å². The molecule has 0 saturated heterocycles. The van der Waals surface area contributed by atoms with Crippen LogP contribution in [0.15, 0.2) is 0 Å². The van der Waals surface area contributed by atoms with E-state index in [0.29, 0.717) is 18.8 Å². The van der Waals surface area contributed by atoms with Crippen molar-refractivity contribution in [3.05, 3.63) is 0 Å². The number of hydrogen-bond acceptors (Lipinski definition) is 4. The molecule has 5 nitrogen and oxygen atoms in total. The number of carboxylic acid groups (broad SMARTS) is 1. The van der Waals surface area contributed by atoms with Crippen LogP contribution in [0.3, 0.4) is 0 Å². The van der Waals surface area contributed by atoms with E-state index in [2.05, 4.69) is 20.8 Å². The van der Waals surface area contributed by atoms with Crippen molar-refractivity contribution in [2.75, 3.05) is 6.61 Å². The zero-order valence-electron chi connectivity index (χ0n) is 11.3. The van der Waals surface area contributed by atoms with Gasteiger partial charge in [-0.3, -0.25) is 0 Å². The highest BCUT2D eigenvalue weighted by Gasteiger charge is 2.50. The number of carbonyl (C=O) groups is 1. The molecule has 0 heterocycles. The quantitative estimate of drug-likeness (QED) is 0.673. The summed E-state index contributed by atoms with van der Waals surface area (Å²) in [5, 5.41) is 28.0. The van der Waals surface area contributed by atoms with Crippen molar-refractivity contribution in [1.29, 1.82) is 0 Å². The summed E-state index contributed by atoms with van der Waals surface area (Å²) >= 11 is 0. The lowest BCUT2D eigenvalue weighted by molar-refractivity contribution is -0.155. The number of aliphatic hydroxyl groups is 2. The average Bonchev–Trinajstić information content (AvgIpc) is 2.26. The predicted molar refractivity (Wildman–Crippen MR) is 66.3 cm³/mol. The molecule has 0 aliphatic heterocycles. The van der Waals surface area contributed by atoms with E-state index >= 15 is 0 Å². The minimum Gasteiger partial charge on any atom is -0.450 e. The van der Waals surface area contributed by atoms with E-state index in [1.165, 1.54) is 0 Å². The summed E-state index contributed by atoms with van der Waals surface area (Å²) in [5.74, 6) is 0.362. The van der Waals surface area contributed by atoms with Gasteiger partial charge in [-0.1, -0.05) is 20.8 Å². The fraction of sp³-hybridized carbons (Fsp3) is 0.923. The van der Waals surface area contributed by atoms with Crippen LogP contribution in [0.1, 0.15) is 46.5 Å². The van der Waals surface area contributed by atoms with Crippen LogP contribution >= 0.6 is 0 Å². The molecule has 1 fully saturated rings. The molecular formula is C13H24O5. The molecule has 1 rings (SSSR count). The maximum absolute atomic E-state index is 10.9. The van der Waals surface area contributed by atoms with E-state index in [1.54, 1.807) is 0 Å². The smallest absolute Gasteiger partial charge is 0.450 e. The highest BCUT2D eigenvalue weighted by Crippen LogP contribution is 2.48. The molecule has 0 bridgehead atoms. The molecule has 0 aromatic rings. The number of ether oxygens (including phenoxy) is 1. The van der Waals surface area contributed by atoms with Crippen molar-refractivity contribution in [1.82, 2.24) is 0 Å². The first-order valence-corrected chi connectivity index (χ1v) is 6.46. The summed E-state index contributed by atoms with van der Waals surface area (Å²) in [6.45, 7) is 5.77. The van der Waals surface area contributed by atoms with E-state index in [4.69, 9.17) is 14.9 Å². The van der Waals surface area contributed by atoms with Gasteiger partial charge in [0.2, 0.25) is 0 Å². The van der Waals surface area contributed by atoms with Crippen molar-refractivity contribution in [2.24, 2.45) is 11.3 Å². The summed E-state index contributed by atoms with van der Waals surface area (Å²) in [7, 11) is 0. The summed E-state index contributed by atoms with van der Waals surface area (Å²) in [4.78, 5) is 10.9. The van der Waals surface area contributed by atoms with Gasteiger partial charge in [-0.2, -0.15) is 0 Å². The Balaban J connectivity index is 2.99. The second kappa shape index (κ2) is 5.45. The number of aliphatic hydroxyl groups excluding tert-OH is 2.